The van der Waals surface area contributed by atoms with Crippen molar-refractivity contribution in [3.8, 4) is 0 Å². The molecule has 0 saturated heterocycles. The third kappa shape index (κ3) is 5.98. The molecule has 108 valence electrons. The first-order valence-corrected chi connectivity index (χ1v) is 7.76. The van der Waals surface area contributed by atoms with Crippen LogP contribution < -0.4 is 10.0 Å². The standard InChI is InChI=1S/C12H18F2N2O2S/c1-2-6-15-7-3-8-19(17,18)16-12-9-10(13)4-5-11(12)14/h4-5,9,15-16H,2-3,6-8H2,1H3. The Hall–Kier alpha value is -1.21. The van der Waals surface area contributed by atoms with Gasteiger partial charge in [0.05, 0.1) is 11.4 Å². The summed E-state index contributed by atoms with van der Waals surface area (Å²) in [5.74, 6) is -1.63. The van der Waals surface area contributed by atoms with Gasteiger partial charge in [0.1, 0.15) is 11.6 Å². The van der Waals surface area contributed by atoms with Crippen LogP contribution in [0.25, 0.3) is 0 Å². The van der Waals surface area contributed by atoms with E-state index in [1.165, 1.54) is 0 Å². The second-order valence-electron chi connectivity index (χ2n) is 4.15. The Morgan fingerprint density at radius 1 is 1.21 bits per heavy atom. The van der Waals surface area contributed by atoms with E-state index in [2.05, 4.69) is 5.32 Å². The van der Waals surface area contributed by atoms with Crippen molar-refractivity contribution >= 4 is 15.7 Å². The van der Waals surface area contributed by atoms with Crippen LogP contribution in [0.4, 0.5) is 14.5 Å². The van der Waals surface area contributed by atoms with Crippen molar-refractivity contribution in [3.63, 3.8) is 0 Å². The number of halogens is 2. The molecule has 0 atom stereocenters. The van der Waals surface area contributed by atoms with E-state index in [0.717, 1.165) is 31.2 Å². The number of sulfonamides is 1. The number of rotatable bonds is 8. The monoisotopic (exact) mass is 292 g/mol. The van der Waals surface area contributed by atoms with Crippen LogP contribution in [0.2, 0.25) is 0 Å². The Labute approximate surface area is 112 Å². The number of hydrogen-bond acceptors (Lipinski definition) is 3. The highest BCUT2D eigenvalue weighted by Crippen LogP contribution is 2.16. The van der Waals surface area contributed by atoms with Gasteiger partial charge in [-0.3, -0.25) is 4.72 Å². The van der Waals surface area contributed by atoms with E-state index < -0.39 is 21.7 Å². The molecule has 2 N–H and O–H groups in total. The molecular weight excluding hydrogens is 274 g/mol. The van der Waals surface area contributed by atoms with Crippen molar-refractivity contribution in [3.05, 3.63) is 29.8 Å². The minimum absolute atomic E-state index is 0.139. The zero-order chi connectivity index (χ0) is 14.3. The van der Waals surface area contributed by atoms with Crippen molar-refractivity contribution in [2.45, 2.75) is 19.8 Å². The third-order valence-corrected chi connectivity index (χ3v) is 3.74. The molecular formula is C12H18F2N2O2S. The van der Waals surface area contributed by atoms with E-state index in [4.69, 9.17) is 0 Å². The molecule has 0 aliphatic heterocycles. The van der Waals surface area contributed by atoms with E-state index in [1.54, 1.807) is 0 Å². The number of nitrogens with one attached hydrogen (secondary N) is 2. The van der Waals surface area contributed by atoms with Crippen molar-refractivity contribution in [1.29, 1.82) is 0 Å². The summed E-state index contributed by atoms with van der Waals surface area (Å²) in [5, 5.41) is 3.07. The lowest BCUT2D eigenvalue weighted by molar-refractivity contribution is 0.589. The second kappa shape index (κ2) is 7.40. The third-order valence-electron chi connectivity index (χ3n) is 2.39. The highest BCUT2D eigenvalue weighted by atomic mass is 32.2. The Morgan fingerprint density at radius 2 is 1.95 bits per heavy atom. The van der Waals surface area contributed by atoms with Crippen molar-refractivity contribution < 1.29 is 17.2 Å². The zero-order valence-corrected chi connectivity index (χ0v) is 11.6. The van der Waals surface area contributed by atoms with Crippen molar-refractivity contribution in [2.24, 2.45) is 0 Å². The highest BCUT2D eigenvalue weighted by Gasteiger charge is 2.13. The molecule has 0 saturated carbocycles. The second-order valence-corrected chi connectivity index (χ2v) is 5.99. The van der Waals surface area contributed by atoms with Crippen LogP contribution in [-0.2, 0) is 10.0 Å². The summed E-state index contributed by atoms with van der Waals surface area (Å²) >= 11 is 0. The Balaban J connectivity index is 2.52. The van der Waals surface area contributed by atoms with Gasteiger partial charge in [0.2, 0.25) is 10.0 Å². The molecule has 1 rings (SSSR count). The zero-order valence-electron chi connectivity index (χ0n) is 10.7. The average Bonchev–Trinajstić information content (AvgIpc) is 2.33. The molecule has 19 heavy (non-hydrogen) atoms. The van der Waals surface area contributed by atoms with Crippen molar-refractivity contribution in [2.75, 3.05) is 23.6 Å². The summed E-state index contributed by atoms with van der Waals surface area (Å²) < 4.78 is 51.6. The molecule has 0 aliphatic rings. The van der Waals surface area contributed by atoms with Crippen molar-refractivity contribution in [1.82, 2.24) is 5.32 Å². The maximum atomic E-state index is 13.3. The Bertz CT molecular complexity index is 506. The highest BCUT2D eigenvalue weighted by molar-refractivity contribution is 7.92. The molecule has 7 heteroatoms. The van der Waals surface area contributed by atoms with E-state index in [9.17, 15) is 17.2 Å². The molecule has 0 unspecified atom stereocenters. The van der Waals surface area contributed by atoms with E-state index in [0.29, 0.717) is 13.0 Å². The first kappa shape index (κ1) is 15.8. The van der Waals surface area contributed by atoms with Gasteiger partial charge in [0, 0.05) is 6.07 Å². The van der Waals surface area contributed by atoms with Gasteiger partial charge in [0.25, 0.3) is 0 Å². The van der Waals surface area contributed by atoms with Crippen LogP contribution in [0.1, 0.15) is 19.8 Å². The quantitative estimate of drug-likeness (QED) is 0.721. The van der Waals surface area contributed by atoms with Gasteiger partial charge in [-0.15, -0.1) is 0 Å². The number of benzene rings is 1. The van der Waals surface area contributed by atoms with E-state index in [-0.39, 0.29) is 11.4 Å². The normalized spacial score (nSPS) is 11.5. The Kier molecular flexibility index (Phi) is 6.17. The lowest BCUT2D eigenvalue weighted by atomic mass is 10.3. The predicted octanol–water partition coefficient (Wildman–Crippen LogP) is 2.10. The first-order chi connectivity index (χ1) is 8.94. The summed E-state index contributed by atoms with van der Waals surface area (Å²) in [4.78, 5) is 0. The maximum Gasteiger partial charge on any atom is 0.232 e. The summed E-state index contributed by atoms with van der Waals surface area (Å²) in [5.41, 5.74) is -0.360. The van der Waals surface area contributed by atoms with E-state index in [1.807, 2.05) is 11.6 Å². The molecule has 1 aromatic carbocycles. The SMILES string of the molecule is CCCNCCCS(=O)(=O)Nc1cc(F)ccc1F. The molecule has 0 aromatic heterocycles. The largest absolute Gasteiger partial charge is 0.317 e. The molecule has 0 heterocycles. The number of anilines is 1. The van der Waals surface area contributed by atoms with Crippen LogP contribution in [0, 0.1) is 11.6 Å². The van der Waals surface area contributed by atoms with Gasteiger partial charge < -0.3 is 5.32 Å². The van der Waals surface area contributed by atoms with Crippen LogP contribution in [0.3, 0.4) is 0 Å². The van der Waals surface area contributed by atoms with Crippen LogP contribution in [0.5, 0.6) is 0 Å². The topological polar surface area (TPSA) is 58.2 Å². The summed E-state index contributed by atoms with van der Waals surface area (Å²) in [7, 11) is -3.66. The lowest BCUT2D eigenvalue weighted by Crippen LogP contribution is -2.22. The van der Waals surface area contributed by atoms with Gasteiger partial charge in [-0.2, -0.15) is 0 Å². The van der Waals surface area contributed by atoms with Crippen LogP contribution in [-0.4, -0.2) is 27.3 Å². The number of hydrogen-bond donors (Lipinski definition) is 2. The van der Waals surface area contributed by atoms with Gasteiger partial charge in [-0.05, 0) is 38.1 Å². The molecule has 0 fully saturated rings. The van der Waals surface area contributed by atoms with Gasteiger partial charge >= 0.3 is 0 Å². The smallest absolute Gasteiger partial charge is 0.232 e. The minimum Gasteiger partial charge on any atom is -0.317 e. The molecule has 0 spiro atoms. The van der Waals surface area contributed by atoms with Gasteiger partial charge in [0.15, 0.2) is 0 Å². The molecule has 0 radical (unpaired) electrons. The fourth-order valence-electron chi connectivity index (χ4n) is 1.48. The van der Waals surface area contributed by atoms with Gasteiger partial charge in [-0.25, -0.2) is 17.2 Å². The molecule has 0 aliphatic carbocycles. The molecule has 0 amide bonds. The van der Waals surface area contributed by atoms with E-state index >= 15 is 0 Å². The fraction of sp³-hybridized carbons (Fsp3) is 0.500. The Morgan fingerprint density at radius 3 is 2.63 bits per heavy atom. The summed E-state index contributed by atoms with van der Waals surface area (Å²) in [6, 6.07) is 2.64. The minimum atomic E-state index is -3.66. The maximum absolute atomic E-state index is 13.3. The molecule has 1 aromatic rings. The van der Waals surface area contributed by atoms with Crippen LogP contribution in [0.15, 0.2) is 18.2 Å². The fourth-order valence-corrected chi connectivity index (χ4v) is 2.60. The average molecular weight is 292 g/mol. The lowest BCUT2D eigenvalue weighted by Gasteiger charge is -2.09. The first-order valence-electron chi connectivity index (χ1n) is 6.11. The predicted molar refractivity (Wildman–Crippen MR) is 71.5 cm³/mol. The van der Waals surface area contributed by atoms with Crippen LogP contribution >= 0.6 is 0 Å². The van der Waals surface area contributed by atoms with Gasteiger partial charge in [-0.1, -0.05) is 6.92 Å². The molecule has 4 nitrogen and oxygen atoms in total. The summed E-state index contributed by atoms with van der Waals surface area (Å²) in [6.45, 7) is 3.41. The summed E-state index contributed by atoms with van der Waals surface area (Å²) in [6.07, 6.45) is 1.38. The molecule has 0 bridgehead atoms.